The normalized spacial score (nSPS) is 14.1. The third-order valence-corrected chi connectivity index (χ3v) is 6.82. The van der Waals surface area contributed by atoms with Gasteiger partial charge in [-0.05, 0) is 74.9 Å². The minimum absolute atomic E-state index is 0.164. The van der Waals surface area contributed by atoms with E-state index < -0.39 is 10.0 Å². The number of aromatic nitrogens is 2. The fourth-order valence-electron chi connectivity index (χ4n) is 3.72. The van der Waals surface area contributed by atoms with E-state index >= 15 is 0 Å². The van der Waals surface area contributed by atoms with Gasteiger partial charge in [-0.15, -0.1) is 0 Å². The van der Waals surface area contributed by atoms with E-state index in [2.05, 4.69) is 9.29 Å². The molecule has 0 unspecified atom stereocenters. The zero-order valence-electron chi connectivity index (χ0n) is 16.3. The van der Waals surface area contributed by atoms with Crippen molar-refractivity contribution in [3.05, 3.63) is 76.9 Å². The number of sulfonamides is 1. The van der Waals surface area contributed by atoms with Gasteiger partial charge in [0.15, 0.2) is 0 Å². The first-order chi connectivity index (χ1) is 13.5. The summed E-state index contributed by atoms with van der Waals surface area (Å²) in [5, 5.41) is 0. The first-order valence-corrected chi connectivity index (χ1v) is 11.2. The van der Waals surface area contributed by atoms with Crippen molar-refractivity contribution < 1.29 is 8.42 Å². The molecule has 2 aromatic carbocycles. The first kappa shape index (κ1) is 18.9. The molecule has 0 atom stereocenters. The largest absolute Gasteiger partial charge is 0.299 e. The fourth-order valence-corrected chi connectivity index (χ4v) is 4.79. The van der Waals surface area contributed by atoms with Crippen LogP contribution in [-0.4, -0.2) is 18.0 Å². The van der Waals surface area contributed by atoms with Crippen molar-refractivity contribution in [1.82, 2.24) is 14.3 Å². The van der Waals surface area contributed by atoms with Crippen LogP contribution in [-0.2, 0) is 29.4 Å². The van der Waals surface area contributed by atoms with E-state index in [-0.39, 0.29) is 11.4 Å². The maximum absolute atomic E-state index is 12.8. The van der Waals surface area contributed by atoms with Crippen molar-refractivity contribution >= 4 is 10.0 Å². The predicted molar refractivity (Wildman–Crippen MR) is 110 cm³/mol. The molecule has 4 rings (SSSR count). The molecule has 0 spiro atoms. The minimum atomic E-state index is -3.60. The molecule has 1 heterocycles. The summed E-state index contributed by atoms with van der Waals surface area (Å²) in [5.41, 5.74) is 5.36. The summed E-state index contributed by atoms with van der Waals surface area (Å²) in [6.45, 7) is 4.06. The number of hydrogen-bond donors (Lipinski definition) is 1. The summed E-state index contributed by atoms with van der Waals surface area (Å²) in [5.74, 6) is 0.741. The topological polar surface area (TPSA) is 64.0 Å². The Balaban J connectivity index is 1.66. The van der Waals surface area contributed by atoms with Crippen LogP contribution in [0, 0.1) is 13.8 Å². The molecule has 6 heteroatoms. The van der Waals surface area contributed by atoms with Gasteiger partial charge in [0.1, 0.15) is 5.82 Å². The molecular weight excluding hydrogens is 370 g/mol. The Kier molecular flexibility index (Phi) is 5.08. The number of hydrogen-bond acceptors (Lipinski definition) is 3. The summed E-state index contributed by atoms with van der Waals surface area (Å²) in [6.07, 6.45) is 4.19. The average molecular weight is 396 g/mol. The van der Waals surface area contributed by atoms with Crippen molar-refractivity contribution in [3.8, 4) is 5.69 Å². The van der Waals surface area contributed by atoms with E-state index in [1.165, 1.54) is 5.69 Å². The zero-order valence-corrected chi connectivity index (χ0v) is 17.1. The molecule has 0 aliphatic heterocycles. The third kappa shape index (κ3) is 3.62. The number of para-hydroxylation sites is 1. The van der Waals surface area contributed by atoms with E-state index in [1.54, 1.807) is 12.1 Å². The lowest BCUT2D eigenvalue weighted by molar-refractivity contribution is 0.578. The van der Waals surface area contributed by atoms with Crippen molar-refractivity contribution in [2.24, 2.45) is 0 Å². The van der Waals surface area contributed by atoms with E-state index in [9.17, 15) is 8.42 Å². The summed E-state index contributed by atoms with van der Waals surface area (Å²) < 4.78 is 30.5. The molecule has 1 aromatic heterocycles. The lowest BCUT2D eigenvalue weighted by atomic mass is 10.0. The lowest BCUT2D eigenvalue weighted by Gasteiger charge is -2.16. The fraction of sp³-hybridized carbons (Fsp3) is 0.318. The summed E-state index contributed by atoms with van der Waals surface area (Å²) >= 11 is 0. The monoisotopic (exact) mass is 395 g/mol. The molecule has 0 saturated heterocycles. The first-order valence-electron chi connectivity index (χ1n) is 9.67. The van der Waals surface area contributed by atoms with Gasteiger partial charge in [-0.2, -0.15) is 0 Å². The Morgan fingerprint density at radius 3 is 2.50 bits per heavy atom. The van der Waals surface area contributed by atoms with Crippen molar-refractivity contribution in [2.45, 2.75) is 51.0 Å². The highest BCUT2D eigenvalue weighted by atomic mass is 32.2. The highest BCUT2D eigenvalue weighted by Gasteiger charge is 2.22. The van der Waals surface area contributed by atoms with Crippen LogP contribution in [0.5, 0.6) is 0 Å². The molecular formula is C22H25N3O2S. The van der Waals surface area contributed by atoms with Crippen LogP contribution in [0.25, 0.3) is 5.69 Å². The van der Waals surface area contributed by atoms with Crippen molar-refractivity contribution in [3.63, 3.8) is 0 Å². The van der Waals surface area contributed by atoms with Gasteiger partial charge in [-0.25, -0.2) is 18.1 Å². The molecule has 5 nitrogen and oxygen atoms in total. The number of nitrogens with zero attached hydrogens (tertiary/aromatic N) is 2. The number of benzene rings is 2. The van der Waals surface area contributed by atoms with Crippen LogP contribution in [0.15, 0.2) is 53.4 Å². The van der Waals surface area contributed by atoms with Crippen LogP contribution in [0.1, 0.15) is 41.2 Å². The van der Waals surface area contributed by atoms with Gasteiger partial charge in [-0.3, -0.25) is 4.57 Å². The minimum Gasteiger partial charge on any atom is -0.299 e. The van der Waals surface area contributed by atoms with Gasteiger partial charge >= 0.3 is 0 Å². The number of rotatable bonds is 5. The van der Waals surface area contributed by atoms with Crippen LogP contribution in [0.3, 0.4) is 0 Å². The average Bonchev–Trinajstić information content (AvgIpc) is 3.07. The number of fused-ring (bicyclic) bond motifs is 1. The number of nitrogens with one attached hydrogen (secondary N) is 1. The van der Waals surface area contributed by atoms with Crippen LogP contribution < -0.4 is 4.72 Å². The van der Waals surface area contributed by atoms with E-state index in [0.29, 0.717) is 0 Å². The van der Waals surface area contributed by atoms with E-state index in [4.69, 9.17) is 4.98 Å². The van der Waals surface area contributed by atoms with Crippen molar-refractivity contribution in [2.75, 3.05) is 0 Å². The lowest BCUT2D eigenvalue weighted by Crippen LogP contribution is -2.25. The Labute approximate surface area is 166 Å². The summed E-state index contributed by atoms with van der Waals surface area (Å²) in [6, 6.07) is 15.3. The maximum atomic E-state index is 12.8. The third-order valence-electron chi connectivity index (χ3n) is 5.43. The Morgan fingerprint density at radius 1 is 1.00 bits per heavy atom. The zero-order chi connectivity index (χ0) is 19.7. The predicted octanol–water partition coefficient (Wildman–Crippen LogP) is 3.85. The second-order valence-corrected chi connectivity index (χ2v) is 9.14. The van der Waals surface area contributed by atoms with Gasteiger partial charge in [0.05, 0.1) is 17.1 Å². The van der Waals surface area contributed by atoms with Gasteiger partial charge in [-0.1, -0.05) is 24.3 Å². The van der Waals surface area contributed by atoms with Gasteiger partial charge in [0.25, 0.3) is 0 Å². The maximum Gasteiger partial charge on any atom is 0.240 e. The SMILES string of the molecule is Cc1ccc(S(=O)(=O)NCc2nc3c(n2-c2ccccc2)CCCC3)cc1C. The van der Waals surface area contributed by atoms with Crippen LogP contribution >= 0.6 is 0 Å². The molecule has 0 bridgehead atoms. The molecule has 0 radical (unpaired) electrons. The van der Waals surface area contributed by atoms with Crippen molar-refractivity contribution in [1.29, 1.82) is 0 Å². The molecule has 0 fully saturated rings. The summed E-state index contributed by atoms with van der Waals surface area (Å²) in [4.78, 5) is 5.08. The van der Waals surface area contributed by atoms with Crippen LogP contribution in [0.4, 0.5) is 0 Å². The number of imidazole rings is 1. The molecule has 0 amide bonds. The second-order valence-electron chi connectivity index (χ2n) is 7.37. The highest BCUT2D eigenvalue weighted by Crippen LogP contribution is 2.26. The van der Waals surface area contributed by atoms with Gasteiger partial charge in [0, 0.05) is 11.4 Å². The molecule has 28 heavy (non-hydrogen) atoms. The van der Waals surface area contributed by atoms with E-state index in [1.807, 2.05) is 50.2 Å². The van der Waals surface area contributed by atoms with Crippen LogP contribution in [0.2, 0.25) is 0 Å². The smallest absolute Gasteiger partial charge is 0.240 e. The van der Waals surface area contributed by atoms with Gasteiger partial charge in [0.2, 0.25) is 10.0 Å². The molecule has 0 saturated carbocycles. The Morgan fingerprint density at radius 2 is 1.75 bits per heavy atom. The standard InChI is InChI=1S/C22H25N3O2S/c1-16-12-13-19(14-17(16)2)28(26,27)23-15-22-24-20-10-6-7-11-21(20)25(22)18-8-4-3-5-9-18/h3-5,8-9,12-14,23H,6-7,10-11,15H2,1-2H3. The summed E-state index contributed by atoms with van der Waals surface area (Å²) in [7, 11) is -3.60. The molecule has 146 valence electrons. The van der Waals surface area contributed by atoms with Gasteiger partial charge < -0.3 is 0 Å². The molecule has 1 N–H and O–H groups in total. The molecule has 1 aliphatic carbocycles. The Bertz CT molecular complexity index is 1100. The quantitative estimate of drug-likeness (QED) is 0.714. The number of aryl methyl sites for hydroxylation is 3. The second kappa shape index (κ2) is 7.53. The van der Waals surface area contributed by atoms with E-state index in [0.717, 1.165) is 54.0 Å². The highest BCUT2D eigenvalue weighted by molar-refractivity contribution is 7.89. The Hall–Kier alpha value is -2.44. The molecule has 3 aromatic rings. The molecule has 1 aliphatic rings.